The number of nitrogens with zero attached hydrogens (tertiary/aromatic N) is 2. The van der Waals surface area contributed by atoms with Crippen LogP contribution in [0.1, 0.15) is 58.2 Å². The fraction of sp³-hybridized carbons (Fsp3) is 0.148. The molecule has 65 heavy (non-hydrogen) atoms. The number of benzene rings is 10. The number of aromatic nitrogens is 1. The van der Waals surface area contributed by atoms with Gasteiger partial charge in [-0.25, -0.2) is 0 Å². The van der Waals surface area contributed by atoms with Crippen molar-refractivity contribution < 1.29 is 4.42 Å². The Bertz CT molecular complexity index is 4080. The second-order valence-electron chi connectivity index (χ2n) is 20.9. The number of fused-ring (bicyclic) bond motifs is 17. The number of para-hydroxylation sites is 1. The summed E-state index contributed by atoms with van der Waals surface area (Å²) < 4.78 is 9.93. The number of hydrogen-bond acceptors (Lipinski definition) is 2. The number of hydrogen-bond donors (Lipinski definition) is 0. The molecule has 14 rings (SSSR count). The first kappa shape index (κ1) is 37.1. The Hall–Kier alpha value is -7.30. The summed E-state index contributed by atoms with van der Waals surface area (Å²) in [7, 11) is 0. The van der Waals surface area contributed by atoms with Gasteiger partial charge in [-0.05, 0) is 137 Å². The number of anilines is 3. The largest absolute Gasteiger partial charge is 0.455 e. The van der Waals surface area contributed by atoms with Crippen molar-refractivity contribution >= 4 is 122 Å². The molecule has 12 aromatic rings. The van der Waals surface area contributed by atoms with Gasteiger partial charge in [-0.15, -0.1) is 0 Å². The van der Waals surface area contributed by atoms with Gasteiger partial charge >= 0.3 is 6.85 Å². The van der Waals surface area contributed by atoms with E-state index in [0.717, 1.165) is 21.9 Å². The van der Waals surface area contributed by atoms with Crippen LogP contribution in [-0.2, 0) is 10.8 Å². The minimum Gasteiger partial charge on any atom is -0.455 e. The van der Waals surface area contributed by atoms with E-state index in [1.807, 2.05) is 0 Å². The molecule has 0 saturated heterocycles. The van der Waals surface area contributed by atoms with E-state index in [4.69, 9.17) is 4.42 Å². The minimum atomic E-state index is -0.152. The van der Waals surface area contributed by atoms with Crippen LogP contribution in [0.4, 0.5) is 17.1 Å². The van der Waals surface area contributed by atoms with Crippen molar-refractivity contribution in [3.63, 3.8) is 0 Å². The van der Waals surface area contributed by atoms with Crippen molar-refractivity contribution in [1.29, 1.82) is 0 Å². The van der Waals surface area contributed by atoms with E-state index in [2.05, 4.69) is 216 Å². The Morgan fingerprint density at radius 1 is 0.508 bits per heavy atom. The van der Waals surface area contributed by atoms with E-state index in [0.29, 0.717) is 0 Å². The van der Waals surface area contributed by atoms with Gasteiger partial charge in [0.15, 0.2) is 0 Å². The van der Waals surface area contributed by atoms with Crippen LogP contribution >= 0.6 is 0 Å². The number of rotatable bonds is 1. The van der Waals surface area contributed by atoms with Gasteiger partial charge in [0.05, 0.1) is 0 Å². The zero-order chi connectivity index (χ0) is 43.8. The standard InChI is InChI=1S/C61H47BN2O/c1-34-46-27-37-18-9-8-17-36(37)26-39(46)29-49-57(34)63(42-31-40(60(2,3)4)30-41(32-42)61(5,6)7)51-33-47-45-22-14-15-23-52(45)65-59(47)55-48-28-38-19-11-13-21-44(38)54-53-43-20-12-10-16-35(43)24-25-50(53)64(58(48)54)62(49)56(51)55/h8-33H,1-7H3. The highest BCUT2D eigenvalue weighted by molar-refractivity contribution is 6.90. The second-order valence-corrected chi connectivity index (χ2v) is 20.9. The summed E-state index contributed by atoms with van der Waals surface area (Å²) in [6, 6.07) is 59.9. The normalized spacial score (nSPS) is 13.7. The quantitative estimate of drug-likeness (QED) is 0.121. The molecule has 0 fully saturated rings. The number of aryl methyl sites for hydroxylation is 1. The molecular formula is C61H47BN2O. The molecule has 2 aromatic heterocycles. The molecule has 4 heterocycles. The van der Waals surface area contributed by atoms with Crippen molar-refractivity contribution in [2.24, 2.45) is 0 Å². The highest BCUT2D eigenvalue weighted by Crippen LogP contribution is 2.53. The Morgan fingerprint density at radius 2 is 1.14 bits per heavy atom. The molecule has 0 aliphatic carbocycles. The SMILES string of the molecule is Cc1c2c(cc3cc4ccccc4cc13)B1c3c(cc4c(oc5ccccc54)c3-c3cc4ccccc4c4c5c6ccccc6ccc5n1c34)N2c1cc(C(C)(C)C)cc(C(C)(C)C)c1. The third-order valence-electron chi connectivity index (χ3n) is 15.1. The smallest absolute Gasteiger partial charge is 0.333 e. The van der Waals surface area contributed by atoms with Crippen LogP contribution in [0, 0.1) is 6.92 Å². The van der Waals surface area contributed by atoms with Crippen LogP contribution in [0.5, 0.6) is 0 Å². The van der Waals surface area contributed by atoms with Gasteiger partial charge in [-0.1, -0.05) is 151 Å². The summed E-state index contributed by atoms with van der Waals surface area (Å²) in [5, 5.41) is 15.0. The molecule has 0 bridgehead atoms. The summed E-state index contributed by atoms with van der Waals surface area (Å²) in [6.07, 6.45) is 0. The van der Waals surface area contributed by atoms with Gasteiger partial charge in [-0.2, -0.15) is 0 Å². The zero-order valence-corrected chi connectivity index (χ0v) is 37.9. The summed E-state index contributed by atoms with van der Waals surface area (Å²) >= 11 is 0. The maximum Gasteiger partial charge on any atom is 0.333 e. The van der Waals surface area contributed by atoms with Crippen LogP contribution < -0.4 is 15.8 Å². The molecule has 4 heteroatoms. The van der Waals surface area contributed by atoms with E-state index in [9.17, 15) is 0 Å². The molecule has 0 N–H and O–H groups in total. The first-order valence-electron chi connectivity index (χ1n) is 23.2. The lowest BCUT2D eigenvalue weighted by atomic mass is 9.44. The molecule has 310 valence electrons. The molecule has 10 aromatic carbocycles. The third kappa shape index (κ3) is 4.92. The fourth-order valence-electron chi connectivity index (χ4n) is 11.9. The van der Waals surface area contributed by atoms with Gasteiger partial charge in [0, 0.05) is 60.8 Å². The maximum atomic E-state index is 7.20. The zero-order valence-electron chi connectivity index (χ0n) is 37.9. The van der Waals surface area contributed by atoms with E-state index in [1.165, 1.54) is 121 Å². The van der Waals surface area contributed by atoms with Crippen molar-refractivity contribution in [1.82, 2.24) is 4.48 Å². The van der Waals surface area contributed by atoms with Crippen molar-refractivity contribution in [2.75, 3.05) is 4.90 Å². The lowest BCUT2D eigenvalue weighted by molar-refractivity contribution is 0.569. The molecule has 0 radical (unpaired) electrons. The minimum absolute atomic E-state index is 0.0723. The molecule has 0 unspecified atom stereocenters. The molecule has 3 nitrogen and oxygen atoms in total. The lowest BCUT2D eigenvalue weighted by Gasteiger charge is -2.42. The Balaban J connectivity index is 1.25. The molecular weight excluding hydrogens is 787 g/mol. The molecule has 0 amide bonds. The number of furan rings is 1. The summed E-state index contributed by atoms with van der Waals surface area (Å²) in [4.78, 5) is 2.66. The van der Waals surface area contributed by atoms with Crippen LogP contribution in [0.15, 0.2) is 162 Å². The van der Waals surface area contributed by atoms with Crippen molar-refractivity contribution in [3.05, 3.63) is 174 Å². The van der Waals surface area contributed by atoms with Gasteiger partial charge in [0.2, 0.25) is 0 Å². The predicted molar refractivity (Wildman–Crippen MR) is 279 cm³/mol. The van der Waals surface area contributed by atoms with E-state index in [-0.39, 0.29) is 17.7 Å². The Kier molecular flexibility index (Phi) is 7.13. The average Bonchev–Trinajstić information content (AvgIpc) is 3.86. The van der Waals surface area contributed by atoms with Crippen LogP contribution in [0.2, 0.25) is 0 Å². The van der Waals surface area contributed by atoms with E-state index in [1.54, 1.807) is 0 Å². The molecule has 2 aliphatic heterocycles. The van der Waals surface area contributed by atoms with Gasteiger partial charge in [-0.3, -0.25) is 0 Å². The monoisotopic (exact) mass is 834 g/mol. The first-order valence-corrected chi connectivity index (χ1v) is 23.2. The van der Waals surface area contributed by atoms with Gasteiger partial charge in [0.25, 0.3) is 0 Å². The summed E-state index contributed by atoms with van der Waals surface area (Å²) in [5.41, 5.74) is 16.9. The Morgan fingerprint density at radius 3 is 1.86 bits per heavy atom. The van der Waals surface area contributed by atoms with Crippen LogP contribution in [-0.4, -0.2) is 11.3 Å². The third-order valence-corrected chi connectivity index (χ3v) is 15.1. The highest BCUT2D eigenvalue weighted by atomic mass is 16.3. The molecule has 0 atom stereocenters. The van der Waals surface area contributed by atoms with Gasteiger partial charge in [0.1, 0.15) is 11.2 Å². The predicted octanol–water partition coefficient (Wildman–Crippen LogP) is 15.6. The fourth-order valence-corrected chi connectivity index (χ4v) is 11.9. The highest BCUT2D eigenvalue weighted by Gasteiger charge is 2.46. The Labute approximate surface area is 378 Å². The van der Waals surface area contributed by atoms with E-state index < -0.39 is 0 Å². The topological polar surface area (TPSA) is 21.3 Å². The van der Waals surface area contributed by atoms with Crippen LogP contribution in [0.25, 0.3) is 98.0 Å². The van der Waals surface area contributed by atoms with Gasteiger partial charge < -0.3 is 13.8 Å². The maximum absolute atomic E-state index is 7.20. The van der Waals surface area contributed by atoms with Crippen molar-refractivity contribution in [2.45, 2.75) is 59.3 Å². The lowest BCUT2D eigenvalue weighted by Crippen LogP contribution is -2.57. The molecule has 0 spiro atoms. The average molecular weight is 835 g/mol. The van der Waals surface area contributed by atoms with Crippen molar-refractivity contribution in [3.8, 4) is 11.1 Å². The first-order chi connectivity index (χ1) is 31.4. The summed E-state index contributed by atoms with van der Waals surface area (Å²) in [5.74, 6) is 0. The molecule has 0 saturated carbocycles. The van der Waals surface area contributed by atoms with Crippen LogP contribution in [0.3, 0.4) is 0 Å². The second kappa shape index (κ2) is 12.5. The molecule has 2 aliphatic rings. The summed E-state index contributed by atoms with van der Waals surface area (Å²) in [6.45, 7) is 16.3. The van der Waals surface area contributed by atoms with E-state index >= 15 is 0 Å².